The van der Waals surface area contributed by atoms with Crippen LogP contribution in [0, 0.1) is 17.3 Å². The van der Waals surface area contributed by atoms with Crippen LogP contribution in [0.5, 0.6) is 5.75 Å². The Kier molecular flexibility index (Phi) is 6.45. The number of nitriles is 1. The fourth-order valence-electron chi connectivity index (χ4n) is 1.82. The van der Waals surface area contributed by atoms with Crippen LogP contribution in [0.4, 0.5) is 10.1 Å². The lowest BCUT2D eigenvalue weighted by molar-refractivity contribution is 0.340. The lowest BCUT2D eigenvalue weighted by atomic mass is 10.2. The number of ether oxygens (including phenoxy) is 1. The Hall–Kier alpha value is -2.52. The highest BCUT2D eigenvalue weighted by atomic mass is 32.2. The van der Waals surface area contributed by atoms with E-state index in [-0.39, 0.29) is 5.82 Å². The number of nitrogens with one attached hydrogen (secondary N) is 1. The van der Waals surface area contributed by atoms with E-state index in [0.717, 1.165) is 11.3 Å². The lowest BCUT2D eigenvalue weighted by Crippen LogP contribution is -2.13. The van der Waals surface area contributed by atoms with E-state index in [4.69, 9.17) is 10.00 Å². The van der Waals surface area contributed by atoms with Crippen molar-refractivity contribution in [1.82, 2.24) is 5.32 Å². The summed E-state index contributed by atoms with van der Waals surface area (Å²) in [5, 5.41) is 11.8. The molecule has 0 amide bonds. The van der Waals surface area contributed by atoms with E-state index in [1.807, 2.05) is 43.4 Å². The molecule has 0 saturated carbocycles. The molecule has 0 bridgehead atoms. The average molecular weight is 329 g/mol. The summed E-state index contributed by atoms with van der Waals surface area (Å²) in [6.45, 7) is 2.53. The highest BCUT2D eigenvalue weighted by molar-refractivity contribution is 8.13. The number of thioether (sulfide) groups is 1. The van der Waals surface area contributed by atoms with Gasteiger partial charge in [0.25, 0.3) is 0 Å². The standard InChI is InChI=1S/C17H16FN3OS/c1-2-22-16-8-6-15(7-9-16)21-17(20-12-19)23-11-13-4-3-5-14(18)10-13/h3-10H,2,11H2,1H3,(H,20,21). The topological polar surface area (TPSA) is 57.4 Å². The lowest BCUT2D eigenvalue weighted by Gasteiger charge is -2.06. The SMILES string of the molecule is CCOc1ccc(N=C(NC#N)SCc2cccc(F)c2)cc1. The molecule has 0 atom stereocenters. The van der Waals surface area contributed by atoms with Gasteiger partial charge in [-0.25, -0.2) is 9.38 Å². The van der Waals surface area contributed by atoms with E-state index in [0.29, 0.717) is 23.2 Å². The predicted octanol–water partition coefficient (Wildman–Crippen LogP) is 4.22. The Morgan fingerprint density at radius 1 is 1.30 bits per heavy atom. The van der Waals surface area contributed by atoms with Crippen LogP contribution >= 0.6 is 11.8 Å². The summed E-state index contributed by atoms with van der Waals surface area (Å²) in [4.78, 5) is 4.38. The van der Waals surface area contributed by atoms with Crippen LogP contribution in [0.3, 0.4) is 0 Å². The number of nitrogens with zero attached hydrogens (tertiary/aromatic N) is 2. The highest BCUT2D eigenvalue weighted by Gasteiger charge is 2.03. The van der Waals surface area contributed by atoms with Crippen LogP contribution in [0.1, 0.15) is 12.5 Å². The zero-order chi connectivity index (χ0) is 16.5. The van der Waals surface area contributed by atoms with E-state index in [2.05, 4.69) is 10.3 Å². The average Bonchev–Trinajstić information content (AvgIpc) is 2.55. The van der Waals surface area contributed by atoms with E-state index in [9.17, 15) is 4.39 Å². The second-order valence-electron chi connectivity index (χ2n) is 4.50. The number of rotatable bonds is 5. The second kappa shape index (κ2) is 8.81. The Balaban J connectivity index is 2.06. The van der Waals surface area contributed by atoms with Crippen molar-refractivity contribution in [2.75, 3.05) is 6.61 Å². The third-order valence-electron chi connectivity index (χ3n) is 2.81. The van der Waals surface area contributed by atoms with Crippen LogP contribution in [0.2, 0.25) is 0 Å². The molecule has 2 aromatic carbocycles. The zero-order valence-corrected chi connectivity index (χ0v) is 13.4. The number of halogens is 1. The minimum absolute atomic E-state index is 0.277. The number of hydrogen-bond donors (Lipinski definition) is 1. The van der Waals surface area contributed by atoms with E-state index in [1.165, 1.54) is 23.9 Å². The molecular weight excluding hydrogens is 313 g/mol. The molecule has 1 N–H and O–H groups in total. The van der Waals surface area contributed by atoms with Crippen LogP contribution in [-0.4, -0.2) is 11.8 Å². The number of hydrogen-bond acceptors (Lipinski definition) is 4. The van der Waals surface area contributed by atoms with Gasteiger partial charge in [-0.3, -0.25) is 5.32 Å². The molecule has 6 heteroatoms. The third kappa shape index (κ3) is 5.64. The van der Waals surface area contributed by atoms with Crippen molar-refractivity contribution in [3.8, 4) is 11.9 Å². The minimum atomic E-state index is -0.277. The summed E-state index contributed by atoms with van der Waals surface area (Å²) >= 11 is 1.34. The first-order chi connectivity index (χ1) is 11.2. The monoisotopic (exact) mass is 329 g/mol. The van der Waals surface area contributed by atoms with Gasteiger partial charge in [0.1, 0.15) is 11.6 Å². The van der Waals surface area contributed by atoms with E-state index in [1.54, 1.807) is 6.07 Å². The first kappa shape index (κ1) is 16.8. The normalized spacial score (nSPS) is 10.9. The van der Waals surface area contributed by atoms with Crippen molar-refractivity contribution in [2.45, 2.75) is 12.7 Å². The van der Waals surface area contributed by atoms with Crippen molar-refractivity contribution in [2.24, 2.45) is 4.99 Å². The summed E-state index contributed by atoms with van der Waals surface area (Å²) in [6, 6.07) is 13.6. The van der Waals surface area contributed by atoms with Gasteiger partial charge in [-0.1, -0.05) is 23.9 Å². The summed E-state index contributed by atoms with van der Waals surface area (Å²) in [5.41, 5.74) is 1.53. The van der Waals surface area contributed by atoms with Gasteiger partial charge < -0.3 is 4.74 Å². The van der Waals surface area contributed by atoms with Crippen LogP contribution in [0.15, 0.2) is 53.5 Å². The minimum Gasteiger partial charge on any atom is -0.494 e. The summed E-state index contributed by atoms with van der Waals surface area (Å²) in [7, 11) is 0. The largest absolute Gasteiger partial charge is 0.494 e. The van der Waals surface area contributed by atoms with Gasteiger partial charge in [-0.2, -0.15) is 5.26 Å². The third-order valence-corrected chi connectivity index (χ3v) is 3.75. The molecule has 118 valence electrons. The molecule has 0 spiro atoms. The number of benzene rings is 2. The molecule has 0 unspecified atom stereocenters. The summed E-state index contributed by atoms with van der Waals surface area (Å²) in [5.74, 6) is 1.01. The highest BCUT2D eigenvalue weighted by Crippen LogP contribution is 2.21. The van der Waals surface area contributed by atoms with Gasteiger partial charge in [0.2, 0.25) is 0 Å². The molecule has 0 saturated heterocycles. The van der Waals surface area contributed by atoms with Crippen LogP contribution < -0.4 is 10.1 Å². The Labute approximate surface area is 139 Å². The second-order valence-corrected chi connectivity index (χ2v) is 5.46. The van der Waals surface area contributed by atoms with Gasteiger partial charge in [0, 0.05) is 5.75 Å². The molecule has 4 nitrogen and oxygen atoms in total. The molecule has 0 fully saturated rings. The zero-order valence-electron chi connectivity index (χ0n) is 12.6. The maximum absolute atomic E-state index is 13.2. The molecule has 0 aliphatic carbocycles. The predicted molar refractivity (Wildman–Crippen MR) is 91.1 cm³/mol. The van der Waals surface area contributed by atoms with Crippen LogP contribution in [0.25, 0.3) is 0 Å². The Bertz CT molecular complexity index is 711. The van der Waals surface area contributed by atoms with Crippen molar-refractivity contribution >= 4 is 22.6 Å². The maximum Gasteiger partial charge on any atom is 0.183 e. The molecule has 0 heterocycles. The smallest absolute Gasteiger partial charge is 0.183 e. The molecule has 0 radical (unpaired) electrons. The molecular formula is C17H16FN3OS. The summed E-state index contributed by atoms with van der Waals surface area (Å²) in [6.07, 6.45) is 1.87. The fourth-order valence-corrected chi connectivity index (χ4v) is 2.59. The first-order valence-electron chi connectivity index (χ1n) is 7.05. The van der Waals surface area contributed by atoms with Gasteiger partial charge >= 0.3 is 0 Å². The Morgan fingerprint density at radius 2 is 2.09 bits per heavy atom. The van der Waals surface area contributed by atoms with Crippen molar-refractivity contribution < 1.29 is 9.13 Å². The van der Waals surface area contributed by atoms with Gasteiger partial charge in [-0.05, 0) is 48.9 Å². The Morgan fingerprint density at radius 3 is 2.74 bits per heavy atom. The van der Waals surface area contributed by atoms with E-state index < -0.39 is 0 Å². The van der Waals surface area contributed by atoms with Gasteiger partial charge in [0.05, 0.1) is 12.3 Å². The molecule has 0 aliphatic heterocycles. The molecule has 2 aromatic rings. The molecule has 0 aliphatic rings. The summed E-state index contributed by atoms with van der Waals surface area (Å²) < 4.78 is 18.5. The number of aliphatic imine (C=N–C) groups is 1. The maximum atomic E-state index is 13.2. The van der Waals surface area contributed by atoms with Crippen molar-refractivity contribution in [3.05, 3.63) is 59.9 Å². The van der Waals surface area contributed by atoms with Gasteiger partial charge in [-0.15, -0.1) is 0 Å². The van der Waals surface area contributed by atoms with Crippen molar-refractivity contribution in [1.29, 1.82) is 5.26 Å². The number of amidine groups is 1. The van der Waals surface area contributed by atoms with E-state index >= 15 is 0 Å². The first-order valence-corrected chi connectivity index (χ1v) is 8.03. The molecule has 0 aromatic heterocycles. The van der Waals surface area contributed by atoms with Crippen LogP contribution in [-0.2, 0) is 5.75 Å². The molecule has 2 rings (SSSR count). The quantitative estimate of drug-likeness (QED) is 0.386. The molecule has 23 heavy (non-hydrogen) atoms. The van der Waals surface area contributed by atoms with Gasteiger partial charge in [0.15, 0.2) is 11.4 Å². The fraction of sp³-hybridized carbons (Fsp3) is 0.176. The van der Waals surface area contributed by atoms with Crippen molar-refractivity contribution in [3.63, 3.8) is 0 Å².